The number of nitrogens with one attached hydrogen (secondary N) is 3. The summed E-state index contributed by atoms with van der Waals surface area (Å²) in [6, 6.07) is 12.8. The molecule has 3 rings (SSSR count). The summed E-state index contributed by atoms with van der Waals surface area (Å²) in [5.74, 6) is -0.120. The Kier molecular flexibility index (Phi) is 5.31. The first-order chi connectivity index (χ1) is 13.1. The number of methoxy groups -OCH3 is 1. The molecule has 0 unspecified atom stereocenters. The lowest BCUT2D eigenvalue weighted by Crippen LogP contribution is -2.31. The fourth-order valence-electron chi connectivity index (χ4n) is 2.26. The molecule has 0 aliphatic rings. The number of amides is 1. The van der Waals surface area contributed by atoms with Crippen LogP contribution in [0.2, 0.25) is 0 Å². The van der Waals surface area contributed by atoms with Crippen molar-refractivity contribution in [2.75, 3.05) is 23.6 Å². The van der Waals surface area contributed by atoms with Gasteiger partial charge in [-0.15, -0.1) is 0 Å². The van der Waals surface area contributed by atoms with Crippen molar-refractivity contribution in [3.63, 3.8) is 0 Å². The zero-order chi connectivity index (χ0) is 19.2. The van der Waals surface area contributed by atoms with Gasteiger partial charge in [-0.1, -0.05) is 18.2 Å². The molecule has 2 aromatic carbocycles. The highest BCUT2D eigenvalue weighted by molar-refractivity contribution is 5.95. The molecule has 0 atom stereocenters. The van der Waals surface area contributed by atoms with Crippen LogP contribution in [0.3, 0.4) is 0 Å². The number of hydrazine groups is 1. The number of ether oxygens (including phenoxy) is 1. The monoisotopic (exact) mass is 368 g/mol. The van der Waals surface area contributed by atoms with Crippen LogP contribution in [-0.4, -0.2) is 23.0 Å². The van der Waals surface area contributed by atoms with E-state index in [9.17, 15) is 9.18 Å². The molecule has 0 saturated carbocycles. The smallest absolute Gasteiger partial charge is 0.272 e. The van der Waals surface area contributed by atoms with Crippen LogP contribution >= 0.6 is 0 Å². The van der Waals surface area contributed by atoms with Crippen LogP contribution in [-0.2, 0) is 0 Å². The normalized spacial score (nSPS) is 10.1. The Morgan fingerprint density at radius 3 is 2.67 bits per heavy atom. The van der Waals surface area contributed by atoms with Crippen molar-refractivity contribution < 1.29 is 13.9 Å². The minimum Gasteiger partial charge on any atom is -0.497 e. The number of nitrogen functional groups attached to an aromatic ring is 1. The maximum Gasteiger partial charge on any atom is 0.272 e. The van der Waals surface area contributed by atoms with E-state index in [1.54, 1.807) is 25.3 Å². The number of carbonyl (C=O) groups is 1. The van der Waals surface area contributed by atoms with E-state index in [0.717, 1.165) is 0 Å². The summed E-state index contributed by atoms with van der Waals surface area (Å²) < 4.78 is 18.8. The zero-order valence-electron chi connectivity index (χ0n) is 14.4. The van der Waals surface area contributed by atoms with Crippen molar-refractivity contribution in [1.29, 1.82) is 0 Å². The Balaban J connectivity index is 1.73. The Labute approximate surface area is 154 Å². The number of nitrogens with zero attached hydrogens (tertiary/aromatic N) is 2. The molecule has 1 heterocycles. The van der Waals surface area contributed by atoms with Gasteiger partial charge in [-0.2, -0.15) is 0 Å². The number of anilines is 4. The molecule has 0 saturated heterocycles. The molecule has 1 aromatic heterocycles. The molecule has 0 bridgehead atoms. The zero-order valence-corrected chi connectivity index (χ0v) is 14.4. The fraction of sp³-hybridized carbons (Fsp3) is 0.0556. The van der Waals surface area contributed by atoms with Crippen LogP contribution in [0.5, 0.6) is 5.75 Å². The van der Waals surface area contributed by atoms with Gasteiger partial charge in [-0.05, 0) is 24.3 Å². The van der Waals surface area contributed by atoms with E-state index in [4.69, 9.17) is 10.5 Å². The highest BCUT2D eigenvalue weighted by Gasteiger charge is 2.13. The number of hydrogen-bond donors (Lipinski definition) is 4. The van der Waals surface area contributed by atoms with Crippen molar-refractivity contribution in [2.24, 2.45) is 0 Å². The molecule has 5 N–H and O–H groups in total. The van der Waals surface area contributed by atoms with E-state index in [-0.39, 0.29) is 17.1 Å². The van der Waals surface area contributed by atoms with Gasteiger partial charge < -0.3 is 15.8 Å². The van der Waals surface area contributed by atoms with Gasteiger partial charge in [0.2, 0.25) is 0 Å². The summed E-state index contributed by atoms with van der Waals surface area (Å²) in [6.45, 7) is 0. The number of halogens is 1. The summed E-state index contributed by atoms with van der Waals surface area (Å²) in [4.78, 5) is 20.1. The van der Waals surface area contributed by atoms with E-state index in [1.807, 2.05) is 12.1 Å². The number of carbonyl (C=O) groups excluding carboxylic acids is 1. The maximum atomic E-state index is 13.7. The molecular weight excluding hydrogens is 351 g/mol. The van der Waals surface area contributed by atoms with Crippen LogP contribution in [0, 0.1) is 5.82 Å². The summed E-state index contributed by atoms with van der Waals surface area (Å²) in [5, 5.41) is 3.05. The molecule has 0 radical (unpaired) electrons. The number of benzene rings is 2. The van der Waals surface area contributed by atoms with Crippen LogP contribution < -0.4 is 26.6 Å². The van der Waals surface area contributed by atoms with Crippen molar-refractivity contribution in [3.8, 4) is 5.75 Å². The predicted octanol–water partition coefficient (Wildman–Crippen LogP) is 2.71. The Morgan fingerprint density at radius 2 is 1.89 bits per heavy atom. The van der Waals surface area contributed by atoms with Crippen LogP contribution in [0.1, 0.15) is 10.4 Å². The third-order valence-corrected chi connectivity index (χ3v) is 3.63. The van der Waals surface area contributed by atoms with E-state index in [1.165, 1.54) is 24.5 Å². The number of hydrogen-bond acceptors (Lipinski definition) is 7. The Morgan fingerprint density at radius 1 is 1.11 bits per heavy atom. The second kappa shape index (κ2) is 8.00. The molecule has 0 spiro atoms. The molecule has 27 heavy (non-hydrogen) atoms. The van der Waals surface area contributed by atoms with Crippen LogP contribution in [0.15, 0.2) is 54.9 Å². The van der Waals surface area contributed by atoms with Gasteiger partial charge in [0.05, 0.1) is 12.7 Å². The number of aromatic nitrogens is 2. The van der Waals surface area contributed by atoms with Gasteiger partial charge in [0.1, 0.15) is 23.6 Å². The first-order valence-corrected chi connectivity index (χ1v) is 7.91. The number of nitrogens with two attached hydrogens (primary N) is 1. The average Bonchev–Trinajstić information content (AvgIpc) is 2.69. The summed E-state index contributed by atoms with van der Waals surface area (Å²) in [7, 11) is 1.57. The Bertz CT molecular complexity index is 966. The van der Waals surface area contributed by atoms with Gasteiger partial charge in [0, 0.05) is 11.8 Å². The standard InChI is InChI=1S/C18H17FN6O2/c1-27-12-6-4-5-11(9-12)23-16-15(20)17(22-10-21-16)24-25-18(26)13-7-2-3-8-14(13)19/h2-10H,20H2,1H3,(H,25,26)(H2,21,22,23,24). The molecule has 0 fully saturated rings. The maximum absolute atomic E-state index is 13.7. The lowest BCUT2D eigenvalue weighted by Gasteiger charge is -2.13. The second-order valence-electron chi connectivity index (χ2n) is 5.40. The van der Waals surface area contributed by atoms with Crippen molar-refractivity contribution >= 4 is 28.9 Å². The van der Waals surface area contributed by atoms with E-state index in [2.05, 4.69) is 26.1 Å². The summed E-state index contributed by atoms with van der Waals surface area (Å²) >= 11 is 0. The molecule has 8 nitrogen and oxygen atoms in total. The fourth-order valence-corrected chi connectivity index (χ4v) is 2.26. The minimum absolute atomic E-state index is 0.104. The van der Waals surface area contributed by atoms with E-state index < -0.39 is 11.7 Å². The predicted molar refractivity (Wildman–Crippen MR) is 100 cm³/mol. The third-order valence-electron chi connectivity index (χ3n) is 3.63. The lowest BCUT2D eigenvalue weighted by atomic mass is 10.2. The third kappa shape index (κ3) is 4.21. The van der Waals surface area contributed by atoms with E-state index in [0.29, 0.717) is 17.3 Å². The van der Waals surface area contributed by atoms with Gasteiger partial charge in [-0.25, -0.2) is 14.4 Å². The van der Waals surface area contributed by atoms with Crippen LogP contribution in [0.4, 0.5) is 27.4 Å². The van der Waals surface area contributed by atoms with Crippen molar-refractivity contribution in [2.45, 2.75) is 0 Å². The molecule has 0 aliphatic carbocycles. The Hall–Kier alpha value is -3.88. The highest BCUT2D eigenvalue weighted by atomic mass is 19.1. The van der Waals surface area contributed by atoms with Crippen LogP contribution in [0.25, 0.3) is 0 Å². The van der Waals surface area contributed by atoms with Gasteiger partial charge in [0.15, 0.2) is 11.6 Å². The highest BCUT2D eigenvalue weighted by Crippen LogP contribution is 2.26. The van der Waals surface area contributed by atoms with Gasteiger partial charge >= 0.3 is 0 Å². The number of rotatable bonds is 6. The van der Waals surface area contributed by atoms with Crippen molar-refractivity contribution in [1.82, 2.24) is 15.4 Å². The molecule has 9 heteroatoms. The minimum atomic E-state index is -0.659. The van der Waals surface area contributed by atoms with Crippen molar-refractivity contribution in [3.05, 3.63) is 66.2 Å². The average molecular weight is 368 g/mol. The molecule has 1 amide bonds. The molecule has 3 aromatic rings. The first-order valence-electron chi connectivity index (χ1n) is 7.91. The lowest BCUT2D eigenvalue weighted by molar-refractivity contribution is 0.0958. The first kappa shape index (κ1) is 17.9. The second-order valence-corrected chi connectivity index (χ2v) is 5.40. The topological polar surface area (TPSA) is 114 Å². The molecule has 0 aliphatic heterocycles. The van der Waals surface area contributed by atoms with Gasteiger partial charge in [-0.3, -0.25) is 15.6 Å². The van der Waals surface area contributed by atoms with Gasteiger partial charge in [0.25, 0.3) is 5.91 Å². The largest absolute Gasteiger partial charge is 0.497 e. The summed E-state index contributed by atoms with van der Waals surface area (Å²) in [5.41, 5.74) is 11.8. The molecule has 138 valence electrons. The van der Waals surface area contributed by atoms with E-state index >= 15 is 0 Å². The summed E-state index contributed by atoms with van der Waals surface area (Å²) in [6.07, 6.45) is 1.27. The quantitative estimate of drug-likeness (QED) is 0.495. The molecular formula is C18H17FN6O2. The SMILES string of the molecule is COc1cccc(Nc2ncnc(NNC(=O)c3ccccc3F)c2N)c1.